The first kappa shape index (κ1) is 13.7. The van der Waals surface area contributed by atoms with E-state index in [0.29, 0.717) is 27.1 Å². The van der Waals surface area contributed by atoms with Crippen LogP contribution in [0.1, 0.15) is 28.4 Å². The van der Waals surface area contributed by atoms with E-state index >= 15 is 0 Å². The minimum atomic E-state index is -0.152. The lowest BCUT2D eigenvalue weighted by atomic mass is 9.92. The maximum Gasteiger partial charge on any atom is 0.167 e. The second-order valence-electron chi connectivity index (χ2n) is 4.68. The summed E-state index contributed by atoms with van der Waals surface area (Å²) in [5.74, 6) is 0.0530. The Hall–Kier alpha value is -1.22. The summed E-state index contributed by atoms with van der Waals surface area (Å²) in [7, 11) is 0. The van der Waals surface area contributed by atoms with Crippen molar-refractivity contribution in [2.24, 2.45) is 0 Å². The Morgan fingerprint density at radius 1 is 1.00 bits per heavy atom. The van der Waals surface area contributed by atoms with Crippen LogP contribution in [-0.2, 0) is 0 Å². The van der Waals surface area contributed by atoms with Gasteiger partial charge in [-0.05, 0) is 35.9 Å². The van der Waals surface area contributed by atoms with E-state index in [1.807, 2.05) is 12.1 Å². The quantitative estimate of drug-likeness (QED) is 0.761. The van der Waals surface area contributed by atoms with Crippen molar-refractivity contribution < 1.29 is 4.79 Å². The van der Waals surface area contributed by atoms with Gasteiger partial charge in [0.15, 0.2) is 5.78 Å². The molecule has 3 rings (SSSR count). The van der Waals surface area contributed by atoms with E-state index in [2.05, 4.69) is 5.32 Å². The summed E-state index contributed by atoms with van der Waals surface area (Å²) in [6, 6.07) is 10.4. The third-order valence-electron chi connectivity index (χ3n) is 3.34. The Labute approximate surface area is 131 Å². The van der Waals surface area contributed by atoms with Gasteiger partial charge in [0.1, 0.15) is 0 Å². The van der Waals surface area contributed by atoms with Crippen LogP contribution in [0.25, 0.3) is 0 Å². The molecular formula is C15H10Cl3NO. The highest BCUT2D eigenvalue weighted by molar-refractivity contribution is 6.35. The number of fused-ring (bicyclic) bond motifs is 1. The minimum Gasteiger partial charge on any atom is -0.377 e. The van der Waals surface area contributed by atoms with Crippen molar-refractivity contribution in [2.75, 3.05) is 5.32 Å². The Bertz CT molecular complexity index is 700. The molecule has 2 aromatic carbocycles. The molecule has 0 aromatic heterocycles. The van der Waals surface area contributed by atoms with E-state index in [1.165, 1.54) is 0 Å². The number of nitrogens with one attached hydrogen (secondary N) is 1. The van der Waals surface area contributed by atoms with Crippen molar-refractivity contribution in [2.45, 2.75) is 12.5 Å². The fraction of sp³-hybridized carbons (Fsp3) is 0.133. The van der Waals surface area contributed by atoms with Gasteiger partial charge in [-0.1, -0.05) is 40.9 Å². The average molecular weight is 327 g/mol. The number of hydrogen-bond donors (Lipinski definition) is 1. The van der Waals surface area contributed by atoms with Gasteiger partial charge in [-0.2, -0.15) is 0 Å². The Morgan fingerprint density at radius 2 is 1.70 bits per heavy atom. The van der Waals surface area contributed by atoms with Gasteiger partial charge in [-0.3, -0.25) is 4.79 Å². The van der Waals surface area contributed by atoms with E-state index in [-0.39, 0.29) is 11.8 Å². The summed E-state index contributed by atoms with van der Waals surface area (Å²) in [4.78, 5) is 12.2. The standard InChI is InChI=1S/C15H10Cl3NO/c16-8-2-4-13-11(5-8)15(20)7-14(19-13)10-3-1-9(17)6-12(10)18/h1-6,14,19H,7H2. The summed E-state index contributed by atoms with van der Waals surface area (Å²) >= 11 is 18.0. The number of anilines is 1. The summed E-state index contributed by atoms with van der Waals surface area (Å²) in [6.07, 6.45) is 0.342. The lowest BCUT2D eigenvalue weighted by molar-refractivity contribution is 0.0972. The normalized spacial score (nSPS) is 17.6. The summed E-state index contributed by atoms with van der Waals surface area (Å²) < 4.78 is 0. The first-order valence-electron chi connectivity index (χ1n) is 6.09. The fourth-order valence-corrected chi connectivity index (χ4v) is 3.09. The van der Waals surface area contributed by atoms with Crippen LogP contribution in [0.15, 0.2) is 36.4 Å². The molecule has 0 spiro atoms. The molecule has 5 heteroatoms. The van der Waals surface area contributed by atoms with Gasteiger partial charge in [0.25, 0.3) is 0 Å². The van der Waals surface area contributed by atoms with Crippen LogP contribution >= 0.6 is 34.8 Å². The molecule has 1 N–H and O–H groups in total. The number of Topliss-reactive ketones (excluding diaryl/α,β-unsaturated/α-hetero) is 1. The molecule has 1 heterocycles. The number of carbonyl (C=O) groups excluding carboxylic acids is 1. The van der Waals surface area contributed by atoms with E-state index in [9.17, 15) is 4.79 Å². The predicted molar refractivity (Wildman–Crippen MR) is 83.2 cm³/mol. The van der Waals surface area contributed by atoms with Crippen molar-refractivity contribution in [3.63, 3.8) is 0 Å². The molecule has 102 valence electrons. The van der Waals surface area contributed by atoms with Crippen LogP contribution in [0.2, 0.25) is 15.1 Å². The smallest absolute Gasteiger partial charge is 0.167 e. The molecule has 0 saturated heterocycles. The van der Waals surface area contributed by atoms with Crippen LogP contribution < -0.4 is 5.32 Å². The monoisotopic (exact) mass is 325 g/mol. The van der Waals surface area contributed by atoms with Crippen LogP contribution in [-0.4, -0.2) is 5.78 Å². The Balaban J connectivity index is 1.99. The molecule has 1 unspecified atom stereocenters. The molecular weight excluding hydrogens is 317 g/mol. The second kappa shape index (κ2) is 5.28. The molecule has 2 nitrogen and oxygen atoms in total. The van der Waals surface area contributed by atoms with Crippen molar-refractivity contribution in [3.05, 3.63) is 62.6 Å². The number of benzene rings is 2. The van der Waals surface area contributed by atoms with Gasteiger partial charge in [-0.25, -0.2) is 0 Å². The first-order chi connectivity index (χ1) is 9.54. The lowest BCUT2D eigenvalue weighted by Gasteiger charge is -2.27. The van der Waals surface area contributed by atoms with Crippen LogP contribution in [0.5, 0.6) is 0 Å². The van der Waals surface area contributed by atoms with E-state index in [1.54, 1.807) is 24.3 Å². The molecule has 0 aliphatic carbocycles. The van der Waals surface area contributed by atoms with Crippen molar-refractivity contribution in [3.8, 4) is 0 Å². The van der Waals surface area contributed by atoms with E-state index in [4.69, 9.17) is 34.8 Å². The number of halogens is 3. The molecule has 0 bridgehead atoms. The van der Waals surface area contributed by atoms with Gasteiger partial charge < -0.3 is 5.32 Å². The molecule has 0 amide bonds. The third-order valence-corrected chi connectivity index (χ3v) is 4.14. The zero-order valence-electron chi connectivity index (χ0n) is 10.3. The maximum absolute atomic E-state index is 12.2. The topological polar surface area (TPSA) is 29.1 Å². The molecule has 0 radical (unpaired) electrons. The largest absolute Gasteiger partial charge is 0.377 e. The molecule has 20 heavy (non-hydrogen) atoms. The first-order valence-corrected chi connectivity index (χ1v) is 7.22. The Kier molecular flexibility index (Phi) is 3.63. The highest BCUT2D eigenvalue weighted by Gasteiger charge is 2.27. The SMILES string of the molecule is O=C1CC(c2ccc(Cl)cc2Cl)Nc2ccc(Cl)cc21. The van der Waals surface area contributed by atoms with E-state index in [0.717, 1.165) is 11.3 Å². The van der Waals surface area contributed by atoms with Gasteiger partial charge in [0.05, 0.1) is 6.04 Å². The highest BCUT2D eigenvalue weighted by atomic mass is 35.5. The lowest BCUT2D eigenvalue weighted by Crippen LogP contribution is -2.23. The molecule has 0 saturated carbocycles. The zero-order chi connectivity index (χ0) is 14.3. The van der Waals surface area contributed by atoms with E-state index < -0.39 is 0 Å². The molecule has 1 aliphatic heterocycles. The van der Waals surface area contributed by atoms with Crippen LogP contribution in [0.3, 0.4) is 0 Å². The molecule has 1 aliphatic rings. The highest BCUT2D eigenvalue weighted by Crippen LogP contribution is 2.37. The third kappa shape index (κ3) is 2.51. The maximum atomic E-state index is 12.2. The number of carbonyl (C=O) groups is 1. The average Bonchev–Trinajstić information content (AvgIpc) is 2.39. The van der Waals surface area contributed by atoms with Gasteiger partial charge in [0, 0.05) is 32.7 Å². The summed E-state index contributed by atoms with van der Waals surface area (Å²) in [5.41, 5.74) is 2.27. The van der Waals surface area contributed by atoms with Gasteiger partial charge in [-0.15, -0.1) is 0 Å². The van der Waals surface area contributed by atoms with Crippen molar-refractivity contribution in [1.82, 2.24) is 0 Å². The van der Waals surface area contributed by atoms with Crippen molar-refractivity contribution >= 4 is 46.3 Å². The molecule has 0 fully saturated rings. The summed E-state index contributed by atoms with van der Waals surface area (Å²) in [5, 5.41) is 5.01. The van der Waals surface area contributed by atoms with Crippen molar-refractivity contribution in [1.29, 1.82) is 0 Å². The van der Waals surface area contributed by atoms with Crippen LogP contribution in [0.4, 0.5) is 5.69 Å². The predicted octanol–water partition coefficient (Wildman–Crippen LogP) is 5.39. The van der Waals surface area contributed by atoms with Gasteiger partial charge in [0.2, 0.25) is 0 Å². The number of rotatable bonds is 1. The van der Waals surface area contributed by atoms with Crippen LogP contribution in [0, 0.1) is 0 Å². The molecule has 2 aromatic rings. The number of ketones is 1. The number of hydrogen-bond acceptors (Lipinski definition) is 2. The minimum absolute atomic E-state index is 0.0530. The zero-order valence-corrected chi connectivity index (χ0v) is 12.6. The molecule has 1 atom stereocenters. The Morgan fingerprint density at radius 3 is 2.45 bits per heavy atom. The second-order valence-corrected chi connectivity index (χ2v) is 5.96. The fourth-order valence-electron chi connectivity index (χ4n) is 2.38. The summed E-state index contributed by atoms with van der Waals surface area (Å²) in [6.45, 7) is 0. The van der Waals surface area contributed by atoms with Gasteiger partial charge >= 0.3 is 0 Å².